The maximum atomic E-state index is 12.4. The second kappa shape index (κ2) is 6.10. The Morgan fingerprint density at radius 2 is 2.05 bits per heavy atom. The van der Waals surface area contributed by atoms with Crippen LogP contribution in [0, 0.1) is 0 Å². The molecule has 1 aromatic rings. The molecule has 2 unspecified atom stereocenters. The number of hydrogen-bond donors (Lipinski definition) is 2. The van der Waals surface area contributed by atoms with Crippen molar-refractivity contribution in [3.05, 3.63) is 27.7 Å². The van der Waals surface area contributed by atoms with Crippen LogP contribution in [0.2, 0.25) is 10.0 Å². The van der Waals surface area contributed by atoms with E-state index in [9.17, 15) is 13.2 Å². The van der Waals surface area contributed by atoms with Crippen molar-refractivity contribution in [2.24, 2.45) is 0 Å². The number of ether oxygens (including phenoxy) is 1. The highest BCUT2D eigenvalue weighted by Crippen LogP contribution is 2.29. The summed E-state index contributed by atoms with van der Waals surface area (Å²) in [5.74, 6) is -1.33. The van der Waals surface area contributed by atoms with Crippen LogP contribution in [0.4, 0.5) is 0 Å². The Morgan fingerprint density at radius 3 is 2.57 bits per heavy atom. The van der Waals surface area contributed by atoms with Crippen molar-refractivity contribution < 1.29 is 23.1 Å². The normalized spacial score (nSPS) is 22.4. The summed E-state index contributed by atoms with van der Waals surface area (Å²) in [5.41, 5.74) is -0.322. The topological polar surface area (TPSA) is 92.7 Å². The second-order valence-corrected chi connectivity index (χ2v) is 7.16. The van der Waals surface area contributed by atoms with Crippen molar-refractivity contribution >= 4 is 39.2 Å². The van der Waals surface area contributed by atoms with E-state index in [0.717, 1.165) is 12.1 Å². The molecule has 2 atom stereocenters. The van der Waals surface area contributed by atoms with E-state index in [1.54, 1.807) is 6.92 Å². The van der Waals surface area contributed by atoms with Crippen LogP contribution >= 0.6 is 23.2 Å². The SMILES string of the molecule is CC1OCCC1NS(=O)(=O)c1cc(C(=O)O)c(Cl)cc1Cl. The Bertz CT molecular complexity index is 676. The average Bonchev–Trinajstić information content (AvgIpc) is 2.73. The molecule has 2 rings (SSSR count). The lowest BCUT2D eigenvalue weighted by atomic mass is 10.2. The van der Waals surface area contributed by atoms with Crippen molar-refractivity contribution in [3.63, 3.8) is 0 Å². The fraction of sp³-hybridized carbons (Fsp3) is 0.417. The molecule has 1 aliphatic rings. The minimum atomic E-state index is -3.96. The lowest BCUT2D eigenvalue weighted by molar-refractivity contribution is 0.0697. The third-order valence-electron chi connectivity index (χ3n) is 3.22. The van der Waals surface area contributed by atoms with E-state index in [-0.39, 0.29) is 32.7 Å². The third kappa shape index (κ3) is 3.49. The van der Waals surface area contributed by atoms with E-state index in [2.05, 4.69) is 4.72 Å². The highest BCUT2D eigenvalue weighted by Gasteiger charge is 2.31. The standard InChI is InChI=1S/C12H13Cl2NO5S/c1-6-10(2-3-20-6)15-21(18,19)11-4-7(12(16)17)8(13)5-9(11)14/h4-6,10,15H,2-3H2,1H3,(H,16,17). The summed E-state index contributed by atoms with van der Waals surface area (Å²) >= 11 is 11.6. The van der Waals surface area contributed by atoms with E-state index < -0.39 is 16.0 Å². The summed E-state index contributed by atoms with van der Waals surface area (Å²) in [6.07, 6.45) is 0.280. The zero-order chi connectivity index (χ0) is 15.8. The van der Waals surface area contributed by atoms with Crippen LogP contribution < -0.4 is 4.72 Å². The van der Waals surface area contributed by atoms with Gasteiger partial charge in [0, 0.05) is 6.61 Å². The Balaban J connectivity index is 2.40. The van der Waals surface area contributed by atoms with Crippen molar-refractivity contribution in [2.45, 2.75) is 30.4 Å². The molecular weight excluding hydrogens is 341 g/mol. The summed E-state index contributed by atoms with van der Waals surface area (Å²) in [4.78, 5) is 10.7. The fourth-order valence-corrected chi connectivity index (χ4v) is 4.24. The number of carboxylic acids is 1. The fourth-order valence-electron chi connectivity index (χ4n) is 2.05. The number of sulfonamides is 1. The summed E-state index contributed by atoms with van der Waals surface area (Å²) in [5, 5.41) is 8.75. The van der Waals surface area contributed by atoms with Crippen LogP contribution in [0.15, 0.2) is 17.0 Å². The molecule has 0 radical (unpaired) electrons. The molecule has 0 spiro atoms. The maximum Gasteiger partial charge on any atom is 0.337 e. The number of hydrogen-bond acceptors (Lipinski definition) is 4. The molecule has 1 fully saturated rings. The van der Waals surface area contributed by atoms with Gasteiger partial charge in [0.05, 0.1) is 27.8 Å². The molecule has 1 saturated heterocycles. The molecule has 0 aliphatic carbocycles. The summed E-state index contributed by atoms with van der Waals surface area (Å²) in [6.45, 7) is 2.22. The number of nitrogens with one attached hydrogen (secondary N) is 1. The van der Waals surface area contributed by atoms with Crippen LogP contribution in [-0.2, 0) is 14.8 Å². The second-order valence-electron chi connectivity index (χ2n) is 4.66. The number of halogens is 2. The minimum absolute atomic E-state index is 0.121. The van der Waals surface area contributed by atoms with E-state index in [0.29, 0.717) is 13.0 Å². The maximum absolute atomic E-state index is 12.4. The van der Waals surface area contributed by atoms with Gasteiger partial charge in [0.15, 0.2) is 0 Å². The first-order chi connectivity index (χ1) is 9.72. The largest absolute Gasteiger partial charge is 0.478 e. The van der Waals surface area contributed by atoms with E-state index in [4.69, 9.17) is 33.0 Å². The van der Waals surface area contributed by atoms with Gasteiger partial charge in [-0.1, -0.05) is 23.2 Å². The molecule has 6 nitrogen and oxygen atoms in total. The van der Waals surface area contributed by atoms with Gasteiger partial charge in [-0.15, -0.1) is 0 Å². The van der Waals surface area contributed by atoms with E-state index in [1.165, 1.54) is 0 Å². The van der Waals surface area contributed by atoms with Crippen molar-refractivity contribution in [3.8, 4) is 0 Å². The lowest BCUT2D eigenvalue weighted by Crippen LogP contribution is -2.39. The molecule has 116 valence electrons. The summed E-state index contributed by atoms with van der Waals surface area (Å²) in [6, 6.07) is 1.68. The van der Waals surface area contributed by atoms with Gasteiger partial charge in [0.2, 0.25) is 10.0 Å². The molecule has 0 bridgehead atoms. The quantitative estimate of drug-likeness (QED) is 0.864. The first-order valence-corrected chi connectivity index (χ1v) is 8.32. The zero-order valence-electron chi connectivity index (χ0n) is 11.0. The summed E-state index contributed by atoms with van der Waals surface area (Å²) in [7, 11) is -3.96. The highest BCUT2D eigenvalue weighted by molar-refractivity contribution is 7.89. The van der Waals surface area contributed by atoms with Gasteiger partial charge in [-0.2, -0.15) is 0 Å². The van der Waals surface area contributed by atoms with Crippen LogP contribution in [0.25, 0.3) is 0 Å². The monoisotopic (exact) mass is 353 g/mol. The molecule has 1 aliphatic heterocycles. The number of carboxylic acid groups (broad SMARTS) is 1. The third-order valence-corrected chi connectivity index (χ3v) is 5.49. The molecule has 0 aromatic heterocycles. The van der Waals surface area contributed by atoms with Gasteiger partial charge in [-0.25, -0.2) is 17.9 Å². The van der Waals surface area contributed by atoms with Gasteiger partial charge in [-0.05, 0) is 25.5 Å². The van der Waals surface area contributed by atoms with Gasteiger partial charge >= 0.3 is 5.97 Å². The van der Waals surface area contributed by atoms with E-state index in [1.807, 2.05) is 0 Å². The van der Waals surface area contributed by atoms with Crippen molar-refractivity contribution in [1.82, 2.24) is 4.72 Å². The first kappa shape index (κ1) is 16.5. The summed E-state index contributed by atoms with van der Waals surface area (Å²) < 4.78 is 32.5. The van der Waals surface area contributed by atoms with Gasteiger partial charge in [-0.3, -0.25) is 0 Å². The number of aromatic carboxylic acids is 1. The lowest BCUT2D eigenvalue weighted by Gasteiger charge is -2.17. The Hall–Kier alpha value is -0.860. The molecule has 1 aromatic carbocycles. The predicted molar refractivity (Wildman–Crippen MR) is 77.6 cm³/mol. The molecule has 0 amide bonds. The molecule has 1 heterocycles. The molecule has 21 heavy (non-hydrogen) atoms. The van der Waals surface area contributed by atoms with Crippen LogP contribution in [-0.4, -0.2) is 38.2 Å². The smallest absolute Gasteiger partial charge is 0.337 e. The first-order valence-electron chi connectivity index (χ1n) is 6.08. The Morgan fingerprint density at radius 1 is 1.38 bits per heavy atom. The minimum Gasteiger partial charge on any atom is -0.478 e. The van der Waals surface area contributed by atoms with Crippen molar-refractivity contribution in [2.75, 3.05) is 6.61 Å². The molecule has 9 heteroatoms. The van der Waals surface area contributed by atoms with Gasteiger partial charge < -0.3 is 9.84 Å². The number of benzene rings is 1. The number of rotatable bonds is 4. The molecule has 2 N–H and O–H groups in total. The molecule has 0 saturated carbocycles. The van der Waals surface area contributed by atoms with Crippen LogP contribution in [0.3, 0.4) is 0 Å². The van der Waals surface area contributed by atoms with Gasteiger partial charge in [0.1, 0.15) is 4.90 Å². The number of carbonyl (C=O) groups is 1. The van der Waals surface area contributed by atoms with Crippen molar-refractivity contribution in [1.29, 1.82) is 0 Å². The average molecular weight is 354 g/mol. The zero-order valence-corrected chi connectivity index (χ0v) is 13.3. The van der Waals surface area contributed by atoms with Gasteiger partial charge in [0.25, 0.3) is 0 Å². The van der Waals surface area contributed by atoms with Crippen LogP contribution in [0.1, 0.15) is 23.7 Å². The Labute approximate surface area is 132 Å². The molecular formula is C12H13Cl2NO5S. The van der Waals surface area contributed by atoms with Crippen LogP contribution in [0.5, 0.6) is 0 Å². The predicted octanol–water partition coefficient (Wildman–Crippen LogP) is 2.15. The highest BCUT2D eigenvalue weighted by atomic mass is 35.5. The van der Waals surface area contributed by atoms with E-state index >= 15 is 0 Å². The Kier molecular flexibility index (Phi) is 4.79.